The van der Waals surface area contributed by atoms with Gasteiger partial charge in [0, 0.05) is 15.8 Å². The SMILES string of the molecule is CCCNC(CC(C)CC)c1sc(C)cc1C. The summed E-state index contributed by atoms with van der Waals surface area (Å²) < 4.78 is 0. The minimum Gasteiger partial charge on any atom is -0.309 e. The summed E-state index contributed by atoms with van der Waals surface area (Å²) in [5, 5.41) is 3.72. The number of nitrogens with one attached hydrogen (secondary N) is 1. The van der Waals surface area contributed by atoms with Crippen LogP contribution in [0.3, 0.4) is 0 Å². The molecule has 0 bridgehead atoms. The first kappa shape index (κ1) is 14.7. The number of hydrogen-bond acceptors (Lipinski definition) is 2. The summed E-state index contributed by atoms with van der Waals surface area (Å²) in [6, 6.07) is 2.88. The summed E-state index contributed by atoms with van der Waals surface area (Å²) in [7, 11) is 0. The molecule has 2 unspecified atom stereocenters. The Kier molecular flexibility index (Phi) is 6.21. The van der Waals surface area contributed by atoms with Crippen LogP contribution >= 0.6 is 11.3 Å². The van der Waals surface area contributed by atoms with Crippen molar-refractivity contribution in [1.82, 2.24) is 5.32 Å². The fourth-order valence-corrected chi connectivity index (χ4v) is 3.30. The highest BCUT2D eigenvalue weighted by molar-refractivity contribution is 7.12. The second kappa shape index (κ2) is 7.17. The summed E-state index contributed by atoms with van der Waals surface area (Å²) in [6.07, 6.45) is 3.74. The van der Waals surface area contributed by atoms with Crippen molar-refractivity contribution in [2.45, 2.75) is 59.9 Å². The van der Waals surface area contributed by atoms with Gasteiger partial charge in [-0.05, 0) is 50.8 Å². The predicted octanol–water partition coefficient (Wildman–Crippen LogP) is 4.84. The molecule has 1 nitrogen and oxygen atoms in total. The summed E-state index contributed by atoms with van der Waals surface area (Å²) in [5.74, 6) is 0.797. The van der Waals surface area contributed by atoms with Crippen molar-refractivity contribution in [3.05, 3.63) is 21.4 Å². The van der Waals surface area contributed by atoms with Crippen LogP contribution < -0.4 is 5.32 Å². The zero-order valence-corrected chi connectivity index (χ0v) is 12.8. The highest BCUT2D eigenvalue weighted by Gasteiger charge is 2.17. The van der Waals surface area contributed by atoms with Gasteiger partial charge in [-0.3, -0.25) is 0 Å². The van der Waals surface area contributed by atoms with Crippen LogP contribution in [-0.4, -0.2) is 6.54 Å². The number of hydrogen-bond donors (Lipinski definition) is 1. The van der Waals surface area contributed by atoms with E-state index in [-0.39, 0.29) is 0 Å². The van der Waals surface area contributed by atoms with Crippen LogP contribution in [0.1, 0.15) is 61.4 Å². The van der Waals surface area contributed by atoms with Crippen molar-refractivity contribution in [3.8, 4) is 0 Å². The van der Waals surface area contributed by atoms with Crippen molar-refractivity contribution in [2.24, 2.45) is 5.92 Å². The molecule has 0 saturated carbocycles. The molecule has 0 spiro atoms. The van der Waals surface area contributed by atoms with Gasteiger partial charge >= 0.3 is 0 Å². The summed E-state index contributed by atoms with van der Waals surface area (Å²) in [4.78, 5) is 2.99. The van der Waals surface area contributed by atoms with E-state index in [4.69, 9.17) is 0 Å². The lowest BCUT2D eigenvalue weighted by Gasteiger charge is -2.21. The summed E-state index contributed by atoms with van der Waals surface area (Å²) in [6.45, 7) is 12.5. The molecule has 0 fully saturated rings. The first-order valence-electron chi connectivity index (χ1n) is 6.88. The predicted molar refractivity (Wildman–Crippen MR) is 78.9 cm³/mol. The van der Waals surface area contributed by atoms with E-state index < -0.39 is 0 Å². The topological polar surface area (TPSA) is 12.0 Å². The van der Waals surface area contributed by atoms with Crippen molar-refractivity contribution in [3.63, 3.8) is 0 Å². The third kappa shape index (κ3) is 4.44. The van der Waals surface area contributed by atoms with E-state index >= 15 is 0 Å². The van der Waals surface area contributed by atoms with E-state index in [1.807, 2.05) is 11.3 Å². The Morgan fingerprint density at radius 2 is 2.00 bits per heavy atom. The number of thiophene rings is 1. The van der Waals surface area contributed by atoms with Crippen LogP contribution in [0.2, 0.25) is 0 Å². The third-order valence-electron chi connectivity index (χ3n) is 3.37. The minimum absolute atomic E-state index is 0.559. The Morgan fingerprint density at radius 1 is 1.29 bits per heavy atom. The molecule has 1 heterocycles. The first-order chi connectivity index (χ1) is 8.08. The average Bonchev–Trinajstić information content (AvgIpc) is 2.63. The third-order valence-corrected chi connectivity index (χ3v) is 4.64. The Morgan fingerprint density at radius 3 is 2.47 bits per heavy atom. The van der Waals surface area contributed by atoms with Gasteiger partial charge in [-0.2, -0.15) is 0 Å². The second-order valence-corrected chi connectivity index (χ2v) is 6.45. The van der Waals surface area contributed by atoms with E-state index in [9.17, 15) is 0 Å². The van der Waals surface area contributed by atoms with Crippen molar-refractivity contribution in [1.29, 1.82) is 0 Å². The Bertz CT molecular complexity index is 330. The Labute approximate surface area is 111 Å². The quantitative estimate of drug-likeness (QED) is 0.733. The molecule has 0 saturated heterocycles. The molecule has 0 amide bonds. The van der Waals surface area contributed by atoms with E-state index in [0.717, 1.165) is 12.5 Å². The summed E-state index contributed by atoms with van der Waals surface area (Å²) >= 11 is 1.96. The second-order valence-electron chi connectivity index (χ2n) is 5.16. The molecule has 1 N–H and O–H groups in total. The van der Waals surface area contributed by atoms with Gasteiger partial charge in [0.25, 0.3) is 0 Å². The maximum Gasteiger partial charge on any atom is 0.0420 e. The van der Waals surface area contributed by atoms with Gasteiger partial charge in [-0.15, -0.1) is 11.3 Å². The average molecular weight is 253 g/mol. The van der Waals surface area contributed by atoms with Crippen LogP contribution in [0, 0.1) is 19.8 Å². The normalized spacial score (nSPS) is 14.9. The molecular formula is C15H27NS. The number of rotatable bonds is 7. The smallest absolute Gasteiger partial charge is 0.0420 e. The molecule has 1 rings (SSSR count). The van der Waals surface area contributed by atoms with Crippen LogP contribution in [-0.2, 0) is 0 Å². The molecule has 98 valence electrons. The lowest BCUT2D eigenvalue weighted by molar-refractivity contribution is 0.405. The van der Waals surface area contributed by atoms with Gasteiger partial charge in [0.1, 0.15) is 0 Å². The first-order valence-corrected chi connectivity index (χ1v) is 7.70. The maximum atomic E-state index is 3.72. The fraction of sp³-hybridized carbons (Fsp3) is 0.733. The van der Waals surface area contributed by atoms with Crippen molar-refractivity contribution < 1.29 is 0 Å². The van der Waals surface area contributed by atoms with Gasteiger partial charge in [-0.25, -0.2) is 0 Å². The van der Waals surface area contributed by atoms with E-state index in [1.54, 1.807) is 4.88 Å². The molecule has 1 aromatic heterocycles. The fourth-order valence-electron chi connectivity index (χ4n) is 2.18. The highest BCUT2D eigenvalue weighted by atomic mass is 32.1. The molecule has 0 radical (unpaired) electrons. The van der Waals surface area contributed by atoms with E-state index in [0.29, 0.717) is 6.04 Å². The lowest BCUT2D eigenvalue weighted by Crippen LogP contribution is -2.23. The molecular weight excluding hydrogens is 226 g/mol. The molecule has 17 heavy (non-hydrogen) atoms. The molecule has 0 aliphatic heterocycles. The zero-order valence-electron chi connectivity index (χ0n) is 12.0. The lowest BCUT2D eigenvalue weighted by atomic mass is 9.97. The van der Waals surface area contributed by atoms with Crippen LogP contribution in [0.4, 0.5) is 0 Å². The highest BCUT2D eigenvalue weighted by Crippen LogP contribution is 2.32. The molecule has 2 atom stereocenters. The van der Waals surface area contributed by atoms with Crippen LogP contribution in [0.25, 0.3) is 0 Å². The van der Waals surface area contributed by atoms with Gasteiger partial charge in [0.05, 0.1) is 0 Å². The minimum atomic E-state index is 0.559. The zero-order chi connectivity index (χ0) is 12.8. The van der Waals surface area contributed by atoms with E-state index in [2.05, 4.69) is 46.0 Å². The molecule has 1 aromatic rings. The Balaban J connectivity index is 2.77. The van der Waals surface area contributed by atoms with Crippen molar-refractivity contribution in [2.75, 3.05) is 6.54 Å². The number of aryl methyl sites for hydroxylation is 2. The molecule has 0 aliphatic rings. The maximum absolute atomic E-state index is 3.72. The van der Waals surface area contributed by atoms with Gasteiger partial charge in [0.15, 0.2) is 0 Å². The molecule has 0 aliphatic carbocycles. The van der Waals surface area contributed by atoms with Crippen molar-refractivity contribution >= 4 is 11.3 Å². The Hall–Kier alpha value is -0.340. The van der Waals surface area contributed by atoms with Gasteiger partial charge in [-0.1, -0.05) is 27.2 Å². The standard InChI is InChI=1S/C15H27NS/c1-6-8-16-14(9-11(3)7-2)15-12(4)10-13(5)17-15/h10-11,14,16H,6-9H2,1-5H3. The largest absolute Gasteiger partial charge is 0.309 e. The van der Waals surface area contributed by atoms with Crippen LogP contribution in [0.5, 0.6) is 0 Å². The molecule has 2 heteroatoms. The van der Waals surface area contributed by atoms with Gasteiger partial charge in [0.2, 0.25) is 0 Å². The van der Waals surface area contributed by atoms with E-state index in [1.165, 1.54) is 29.7 Å². The summed E-state index contributed by atoms with van der Waals surface area (Å²) in [5.41, 5.74) is 1.46. The van der Waals surface area contributed by atoms with Gasteiger partial charge < -0.3 is 5.32 Å². The molecule has 0 aromatic carbocycles. The van der Waals surface area contributed by atoms with Crippen LogP contribution in [0.15, 0.2) is 6.07 Å². The monoisotopic (exact) mass is 253 g/mol.